The Bertz CT molecular complexity index is 566. The first-order chi connectivity index (χ1) is 9.11. The summed E-state index contributed by atoms with van der Waals surface area (Å²) in [4.78, 5) is 4.43. The Hall–Kier alpha value is -1.36. The van der Waals surface area contributed by atoms with E-state index in [0.717, 1.165) is 36.7 Å². The first-order valence-electron chi connectivity index (χ1n) is 6.37. The summed E-state index contributed by atoms with van der Waals surface area (Å²) < 4.78 is 16.0. The van der Waals surface area contributed by atoms with Crippen LogP contribution in [0.5, 0.6) is 0 Å². The highest BCUT2D eigenvalue weighted by molar-refractivity contribution is 9.10. The number of hydrogen-bond acceptors (Lipinski definition) is 2. The van der Waals surface area contributed by atoms with Gasteiger partial charge in [-0.1, -0.05) is 13.3 Å². The Labute approximate surface area is 121 Å². The third-order valence-corrected chi connectivity index (χ3v) is 3.46. The number of aromatic nitrogens is 2. The maximum Gasteiger partial charge on any atom is 0.207 e. The largest absolute Gasteiger partial charge is 0.355 e. The third kappa shape index (κ3) is 3.35. The van der Waals surface area contributed by atoms with E-state index < -0.39 is 0 Å². The Kier molecular flexibility index (Phi) is 4.58. The van der Waals surface area contributed by atoms with Crippen LogP contribution in [0.2, 0.25) is 0 Å². The number of benzene rings is 1. The lowest BCUT2D eigenvalue weighted by Crippen LogP contribution is -2.07. The molecule has 0 atom stereocenters. The molecule has 0 aliphatic carbocycles. The topological polar surface area (TPSA) is 29.9 Å². The second-order valence-electron chi connectivity index (χ2n) is 4.45. The molecule has 1 aromatic carbocycles. The lowest BCUT2D eigenvalue weighted by Gasteiger charge is -2.09. The van der Waals surface area contributed by atoms with Crippen molar-refractivity contribution in [1.82, 2.24) is 9.55 Å². The quantitative estimate of drug-likeness (QED) is 0.831. The molecular formula is C14H17BrFN3. The molecule has 2 aromatic rings. The molecule has 0 saturated heterocycles. The molecule has 0 bridgehead atoms. The average molecular weight is 326 g/mol. The van der Waals surface area contributed by atoms with E-state index >= 15 is 0 Å². The molecule has 102 valence electrons. The van der Waals surface area contributed by atoms with Crippen molar-refractivity contribution in [3.05, 3.63) is 40.4 Å². The predicted octanol–water partition coefficient (Wildman–Crippen LogP) is 4.29. The van der Waals surface area contributed by atoms with Crippen LogP contribution in [-0.4, -0.2) is 16.1 Å². The van der Waals surface area contributed by atoms with Crippen molar-refractivity contribution in [2.45, 2.75) is 26.7 Å². The first kappa shape index (κ1) is 14.1. The van der Waals surface area contributed by atoms with Gasteiger partial charge in [0.05, 0.1) is 15.9 Å². The summed E-state index contributed by atoms with van der Waals surface area (Å²) in [5.74, 6) is 0.482. The van der Waals surface area contributed by atoms with Crippen LogP contribution < -0.4 is 5.32 Å². The van der Waals surface area contributed by atoms with E-state index in [4.69, 9.17) is 0 Å². The summed E-state index contributed by atoms with van der Waals surface area (Å²) in [6.07, 6.45) is 4.11. The molecule has 1 aromatic heterocycles. The van der Waals surface area contributed by atoms with Crippen LogP contribution in [-0.2, 0) is 0 Å². The van der Waals surface area contributed by atoms with Crippen LogP contribution in [0.4, 0.5) is 10.3 Å². The summed E-state index contributed by atoms with van der Waals surface area (Å²) in [6, 6.07) is 5.06. The fourth-order valence-corrected chi connectivity index (χ4v) is 2.08. The van der Waals surface area contributed by atoms with Gasteiger partial charge >= 0.3 is 0 Å². The molecule has 0 spiro atoms. The van der Waals surface area contributed by atoms with Crippen LogP contribution in [0.1, 0.15) is 25.5 Å². The summed E-state index contributed by atoms with van der Waals surface area (Å²) in [5, 5.41) is 3.29. The zero-order valence-corrected chi connectivity index (χ0v) is 12.7. The van der Waals surface area contributed by atoms with Crippen molar-refractivity contribution in [1.29, 1.82) is 0 Å². The minimum atomic E-state index is -0.275. The number of nitrogens with zero attached hydrogens (tertiary/aromatic N) is 2. The average Bonchev–Trinajstić information content (AvgIpc) is 2.74. The zero-order valence-electron chi connectivity index (χ0n) is 11.1. The van der Waals surface area contributed by atoms with Crippen molar-refractivity contribution in [2.24, 2.45) is 0 Å². The van der Waals surface area contributed by atoms with Crippen LogP contribution in [0.25, 0.3) is 5.69 Å². The normalized spacial score (nSPS) is 10.7. The molecule has 0 unspecified atom stereocenters. The third-order valence-electron chi connectivity index (χ3n) is 2.82. The highest BCUT2D eigenvalue weighted by Crippen LogP contribution is 2.22. The lowest BCUT2D eigenvalue weighted by atomic mass is 10.3. The maximum absolute atomic E-state index is 13.6. The number of hydrogen-bond donors (Lipinski definition) is 1. The van der Waals surface area contributed by atoms with Crippen molar-refractivity contribution in [2.75, 3.05) is 11.9 Å². The van der Waals surface area contributed by atoms with Crippen molar-refractivity contribution >= 4 is 21.9 Å². The summed E-state index contributed by atoms with van der Waals surface area (Å²) in [7, 11) is 0. The summed E-state index contributed by atoms with van der Waals surface area (Å²) in [5.41, 5.74) is 1.67. The Balaban J connectivity index is 2.29. The van der Waals surface area contributed by atoms with E-state index in [0.29, 0.717) is 4.47 Å². The number of rotatable bonds is 5. The monoisotopic (exact) mass is 325 g/mol. The highest BCUT2D eigenvalue weighted by Gasteiger charge is 2.09. The van der Waals surface area contributed by atoms with Gasteiger partial charge < -0.3 is 5.32 Å². The molecule has 0 amide bonds. The van der Waals surface area contributed by atoms with Gasteiger partial charge in [0.25, 0.3) is 0 Å². The Morgan fingerprint density at radius 1 is 1.42 bits per heavy atom. The molecule has 0 radical (unpaired) electrons. The van der Waals surface area contributed by atoms with E-state index in [1.54, 1.807) is 6.07 Å². The fourth-order valence-electron chi connectivity index (χ4n) is 1.83. The van der Waals surface area contributed by atoms with Gasteiger partial charge in [-0.25, -0.2) is 9.37 Å². The number of imidazole rings is 1. The SMILES string of the molecule is CCCCNc1nc(C)cn1-c1ccc(Br)c(F)c1. The van der Waals surface area contributed by atoms with Crippen LogP contribution in [0, 0.1) is 12.7 Å². The van der Waals surface area contributed by atoms with Gasteiger partial charge in [-0.3, -0.25) is 4.57 Å². The Morgan fingerprint density at radius 3 is 2.89 bits per heavy atom. The standard InChI is InChI=1S/C14H17BrFN3/c1-3-4-7-17-14-18-10(2)9-19(14)11-5-6-12(15)13(16)8-11/h5-6,8-9H,3-4,7H2,1-2H3,(H,17,18). The van der Waals surface area contributed by atoms with Crippen LogP contribution in [0.15, 0.2) is 28.9 Å². The minimum absolute atomic E-state index is 0.275. The number of nitrogens with one attached hydrogen (secondary N) is 1. The lowest BCUT2D eigenvalue weighted by molar-refractivity contribution is 0.620. The van der Waals surface area contributed by atoms with Gasteiger partial charge in [-0.15, -0.1) is 0 Å². The molecule has 0 saturated carbocycles. The molecular weight excluding hydrogens is 309 g/mol. The van der Waals surface area contributed by atoms with Crippen molar-refractivity contribution < 1.29 is 4.39 Å². The molecule has 0 fully saturated rings. The predicted molar refractivity (Wildman–Crippen MR) is 79.4 cm³/mol. The van der Waals surface area contributed by atoms with E-state index in [1.807, 2.05) is 23.8 Å². The van der Waals surface area contributed by atoms with Gasteiger partial charge in [-0.05, 0) is 47.5 Å². The van der Waals surface area contributed by atoms with Gasteiger partial charge in [0.2, 0.25) is 5.95 Å². The van der Waals surface area contributed by atoms with Gasteiger partial charge in [0, 0.05) is 12.7 Å². The smallest absolute Gasteiger partial charge is 0.207 e. The van der Waals surface area contributed by atoms with Crippen LogP contribution >= 0.6 is 15.9 Å². The van der Waals surface area contributed by atoms with Crippen molar-refractivity contribution in [3.8, 4) is 5.69 Å². The molecule has 5 heteroatoms. The Morgan fingerprint density at radius 2 is 2.21 bits per heavy atom. The molecule has 0 aliphatic heterocycles. The molecule has 19 heavy (non-hydrogen) atoms. The molecule has 1 heterocycles. The minimum Gasteiger partial charge on any atom is -0.355 e. The van der Waals surface area contributed by atoms with Crippen molar-refractivity contribution in [3.63, 3.8) is 0 Å². The second-order valence-corrected chi connectivity index (χ2v) is 5.31. The first-order valence-corrected chi connectivity index (χ1v) is 7.16. The number of aryl methyl sites for hydroxylation is 1. The molecule has 3 nitrogen and oxygen atoms in total. The highest BCUT2D eigenvalue weighted by atomic mass is 79.9. The maximum atomic E-state index is 13.6. The van der Waals surface area contributed by atoms with Gasteiger partial charge in [0.1, 0.15) is 5.82 Å². The number of unbranched alkanes of at least 4 members (excludes halogenated alkanes) is 1. The number of anilines is 1. The molecule has 2 rings (SSSR count). The summed E-state index contributed by atoms with van der Waals surface area (Å²) >= 11 is 3.16. The van der Waals surface area contributed by atoms with E-state index in [1.165, 1.54) is 6.07 Å². The van der Waals surface area contributed by atoms with E-state index in [9.17, 15) is 4.39 Å². The number of halogens is 2. The summed E-state index contributed by atoms with van der Waals surface area (Å²) in [6.45, 7) is 4.94. The molecule has 1 N–H and O–H groups in total. The molecule has 0 aliphatic rings. The zero-order chi connectivity index (χ0) is 13.8. The fraction of sp³-hybridized carbons (Fsp3) is 0.357. The van der Waals surface area contributed by atoms with E-state index in [-0.39, 0.29) is 5.82 Å². The van der Waals surface area contributed by atoms with Gasteiger partial charge in [0.15, 0.2) is 0 Å². The second kappa shape index (κ2) is 6.19. The van der Waals surface area contributed by atoms with E-state index in [2.05, 4.69) is 33.2 Å². The van der Waals surface area contributed by atoms with Gasteiger partial charge in [-0.2, -0.15) is 0 Å². The van der Waals surface area contributed by atoms with Crippen LogP contribution in [0.3, 0.4) is 0 Å².